The summed E-state index contributed by atoms with van der Waals surface area (Å²) in [5.74, 6) is 3.89. The number of carbonyl (C=O) groups is 2. The summed E-state index contributed by atoms with van der Waals surface area (Å²) in [7, 11) is 1.59. The van der Waals surface area contributed by atoms with E-state index < -0.39 is 0 Å². The molecule has 3 heterocycles. The van der Waals surface area contributed by atoms with Crippen LogP contribution in [0, 0.1) is 5.92 Å². The van der Waals surface area contributed by atoms with Gasteiger partial charge in [-0.25, -0.2) is 4.98 Å². The molecule has 178 valence electrons. The Hall–Kier alpha value is -3.58. The minimum absolute atomic E-state index is 0.0221. The average molecular weight is 491 g/mol. The van der Waals surface area contributed by atoms with E-state index in [4.69, 9.17) is 25.8 Å². The molecule has 1 amide bonds. The standard InChI is InChI=1S/C27H23ClN2O5/c1-33-16-2-5-21(28)14(11-16)10-15(31)12-20-25-19-13-17(3-6-22(19)35-26(20)25)34-23-8-9-29-27-18(23)4-7-24(32)30-27/h2-3,5-6,8-9,11,13,20,25-26H,4,7,10,12H2,1H3,(H,29,30,32)/t20-,25+,26-/m1/s1. The first-order chi connectivity index (χ1) is 17.0. The van der Waals surface area contributed by atoms with E-state index in [1.165, 1.54) is 0 Å². The number of pyridine rings is 1. The van der Waals surface area contributed by atoms with Crippen molar-refractivity contribution in [1.82, 2.24) is 4.98 Å². The van der Waals surface area contributed by atoms with Crippen LogP contribution in [-0.2, 0) is 22.4 Å². The number of halogens is 1. The molecule has 3 aromatic rings. The van der Waals surface area contributed by atoms with Gasteiger partial charge in [-0.1, -0.05) is 11.6 Å². The number of rotatable bonds is 7. The maximum absolute atomic E-state index is 12.8. The highest BCUT2D eigenvalue weighted by Gasteiger charge is 2.59. The van der Waals surface area contributed by atoms with E-state index in [2.05, 4.69) is 10.3 Å². The normalized spacial score (nSPS) is 21.2. The highest BCUT2D eigenvalue weighted by atomic mass is 35.5. The molecule has 1 aromatic heterocycles. The van der Waals surface area contributed by atoms with Gasteiger partial charge >= 0.3 is 0 Å². The van der Waals surface area contributed by atoms with Crippen LogP contribution in [-0.4, -0.2) is 29.9 Å². The van der Waals surface area contributed by atoms with Crippen LogP contribution in [0.4, 0.5) is 5.82 Å². The Labute approximate surface area is 207 Å². The maximum Gasteiger partial charge on any atom is 0.225 e. The summed E-state index contributed by atoms with van der Waals surface area (Å²) in [6.45, 7) is 0. The molecule has 1 N–H and O–H groups in total. The lowest BCUT2D eigenvalue weighted by molar-refractivity contribution is -0.119. The van der Waals surface area contributed by atoms with Crippen LogP contribution in [0.25, 0.3) is 0 Å². The number of amides is 1. The Morgan fingerprint density at radius 1 is 1.17 bits per heavy atom. The van der Waals surface area contributed by atoms with Gasteiger partial charge < -0.3 is 19.5 Å². The number of hydrogen-bond donors (Lipinski definition) is 1. The number of fused-ring (bicyclic) bond motifs is 4. The average Bonchev–Trinajstić information content (AvgIpc) is 3.36. The van der Waals surface area contributed by atoms with Gasteiger partial charge in [0.05, 0.1) is 7.11 Å². The van der Waals surface area contributed by atoms with Crippen molar-refractivity contribution in [2.45, 2.75) is 37.7 Å². The number of carbonyl (C=O) groups excluding carboxylic acids is 2. The molecule has 3 aliphatic rings. The van der Waals surface area contributed by atoms with E-state index in [1.54, 1.807) is 25.4 Å². The van der Waals surface area contributed by atoms with Crippen LogP contribution in [0.15, 0.2) is 48.7 Å². The molecule has 1 saturated carbocycles. The minimum Gasteiger partial charge on any atom is -0.497 e. The van der Waals surface area contributed by atoms with Gasteiger partial charge in [0.1, 0.15) is 40.7 Å². The van der Waals surface area contributed by atoms with Gasteiger partial charge in [0.2, 0.25) is 5.91 Å². The number of hydrogen-bond acceptors (Lipinski definition) is 6. The molecule has 35 heavy (non-hydrogen) atoms. The quantitative estimate of drug-likeness (QED) is 0.496. The Kier molecular flexibility index (Phi) is 5.37. The van der Waals surface area contributed by atoms with E-state index in [1.807, 2.05) is 30.3 Å². The first kappa shape index (κ1) is 21.9. The van der Waals surface area contributed by atoms with Gasteiger partial charge in [-0.15, -0.1) is 0 Å². The predicted molar refractivity (Wildman–Crippen MR) is 130 cm³/mol. The van der Waals surface area contributed by atoms with Crippen molar-refractivity contribution < 1.29 is 23.8 Å². The number of nitrogens with zero attached hydrogens (tertiary/aromatic N) is 1. The molecule has 1 aliphatic carbocycles. The molecule has 0 bridgehead atoms. The summed E-state index contributed by atoms with van der Waals surface area (Å²) >= 11 is 6.28. The molecule has 0 saturated heterocycles. The van der Waals surface area contributed by atoms with E-state index in [0.717, 1.165) is 22.4 Å². The van der Waals surface area contributed by atoms with E-state index in [-0.39, 0.29) is 36.1 Å². The number of Topliss-reactive ketones (excluding diaryl/α,β-unsaturated/α-hetero) is 1. The zero-order valence-corrected chi connectivity index (χ0v) is 19.8. The zero-order valence-electron chi connectivity index (χ0n) is 19.0. The highest BCUT2D eigenvalue weighted by molar-refractivity contribution is 6.31. The van der Waals surface area contributed by atoms with Crippen LogP contribution in [0.3, 0.4) is 0 Å². The molecule has 1 fully saturated rings. The second-order valence-corrected chi connectivity index (χ2v) is 9.54. The number of aromatic nitrogens is 1. The molecular weight excluding hydrogens is 468 g/mol. The van der Waals surface area contributed by atoms with E-state index in [9.17, 15) is 9.59 Å². The van der Waals surface area contributed by atoms with Crippen molar-refractivity contribution in [2.24, 2.45) is 5.92 Å². The topological polar surface area (TPSA) is 86.8 Å². The third-order valence-corrected chi connectivity index (χ3v) is 7.27. The van der Waals surface area contributed by atoms with E-state index in [0.29, 0.717) is 47.4 Å². The fraction of sp³-hybridized carbons (Fsp3) is 0.296. The molecular formula is C27H23ClN2O5. The van der Waals surface area contributed by atoms with Crippen molar-refractivity contribution in [3.05, 3.63) is 70.4 Å². The van der Waals surface area contributed by atoms with Crippen molar-refractivity contribution in [3.63, 3.8) is 0 Å². The summed E-state index contributed by atoms with van der Waals surface area (Å²) in [6.07, 6.45) is 3.35. The maximum atomic E-state index is 12.8. The predicted octanol–water partition coefficient (Wildman–Crippen LogP) is 5.10. The van der Waals surface area contributed by atoms with Gasteiger partial charge in [0.25, 0.3) is 0 Å². The lowest BCUT2D eigenvalue weighted by Crippen LogP contribution is -2.20. The van der Waals surface area contributed by atoms with Crippen LogP contribution in [0.5, 0.6) is 23.0 Å². The highest BCUT2D eigenvalue weighted by Crippen LogP contribution is 2.60. The Morgan fingerprint density at radius 3 is 2.89 bits per heavy atom. The summed E-state index contributed by atoms with van der Waals surface area (Å²) in [5, 5.41) is 3.36. The van der Waals surface area contributed by atoms with Crippen molar-refractivity contribution >= 4 is 29.1 Å². The molecule has 3 atom stereocenters. The number of benzene rings is 2. The first-order valence-corrected chi connectivity index (χ1v) is 12.0. The fourth-order valence-corrected chi connectivity index (χ4v) is 5.28. The van der Waals surface area contributed by atoms with Crippen LogP contribution in [0.2, 0.25) is 5.02 Å². The zero-order chi connectivity index (χ0) is 24.1. The third-order valence-electron chi connectivity index (χ3n) is 6.90. The van der Waals surface area contributed by atoms with Gasteiger partial charge in [-0.3, -0.25) is 9.59 Å². The number of methoxy groups -OCH3 is 1. The molecule has 6 rings (SSSR count). The second-order valence-electron chi connectivity index (χ2n) is 9.14. The summed E-state index contributed by atoms with van der Waals surface area (Å²) in [5.41, 5.74) is 2.74. The number of ketones is 1. The van der Waals surface area contributed by atoms with Gasteiger partial charge in [0, 0.05) is 53.4 Å². The Bertz CT molecular complexity index is 1360. The Morgan fingerprint density at radius 2 is 2.03 bits per heavy atom. The number of anilines is 1. The molecule has 2 aromatic carbocycles. The first-order valence-electron chi connectivity index (χ1n) is 11.6. The van der Waals surface area contributed by atoms with Crippen molar-refractivity contribution in [1.29, 1.82) is 0 Å². The van der Waals surface area contributed by atoms with Crippen molar-refractivity contribution in [2.75, 3.05) is 12.4 Å². The van der Waals surface area contributed by atoms with Gasteiger partial charge in [-0.2, -0.15) is 0 Å². The second kappa shape index (κ2) is 8.57. The molecule has 0 radical (unpaired) electrons. The molecule has 2 aliphatic heterocycles. The number of ether oxygens (including phenoxy) is 3. The van der Waals surface area contributed by atoms with Crippen LogP contribution in [0.1, 0.15) is 35.4 Å². The molecule has 8 heteroatoms. The minimum atomic E-state index is -0.0362. The smallest absolute Gasteiger partial charge is 0.225 e. The van der Waals surface area contributed by atoms with Gasteiger partial charge in [-0.05, 0) is 54.4 Å². The largest absolute Gasteiger partial charge is 0.497 e. The summed E-state index contributed by atoms with van der Waals surface area (Å²) in [4.78, 5) is 28.7. The molecule has 0 unspecified atom stereocenters. The monoisotopic (exact) mass is 490 g/mol. The van der Waals surface area contributed by atoms with Crippen molar-refractivity contribution in [3.8, 4) is 23.0 Å². The SMILES string of the molecule is COc1ccc(Cl)c(CC(=O)C[C@H]2[C@H]3Oc4ccc(Oc5ccnc6c5CCC(=O)N6)cc4[C@@H]23)c1. The molecule has 7 nitrogen and oxygen atoms in total. The van der Waals surface area contributed by atoms with Gasteiger partial charge in [0.15, 0.2) is 0 Å². The summed E-state index contributed by atoms with van der Waals surface area (Å²) < 4.78 is 17.5. The lowest BCUT2D eigenvalue weighted by atomic mass is 10.0. The summed E-state index contributed by atoms with van der Waals surface area (Å²) in [6, 6.07) is 13.0. The lowest BCUT2D eigenvalue weighted by Gasteiger charge is -2.19. The van der Waals surface area contributed by atoms with Crippen LogP contribution >= 0.6 is 11.6 Å². The third kappa shape index (κ3) is 4.10. The van der Waals surface area contributed by atoms with Crippen LogP contribution < -0.4 is 19.5 Å². The molecule has 0 spiro atoms. The van der Waals surface area contributed by atoms with E-state index >= 15 is 0 Å². The number of nitrogens with one attached hydrogen (secondary N) is 1. The Balaban J connectivity index is 1.14. The fourth-order valence-electron chi connectivity index (χ4n) is 5.10.